The van der Waals surface area contributed by atoms with E-state index in [1.807, 2.05) is 0 Å². The van der Waals surface area contributed by atoms with Crippen LogP contribution in [0.3, 0.4) is 0 Å². The summed E-state index contributed by atoms with van der Waals surface area (Å²) in [5, 5.41) is 16.8. The Hall–Kier alpha value is -0.204. The predicted molar refractivity (Wildman–Crippen MR) is 152 cm³/mol. The van der Waals surface area contributed by atoms with E-state index in [1.165, 1.54) is 107 Å². The number of rotatable bonds is 22. The van der Waals surface area contributed by atoms with Crippen molar-refractivity contribution in [1.29, 1.82) is 0 Å². The van der Waals surface area contributed by atoms with Crippen LogP contribution < -0.4 is 14.4 Å². The van der Waals surface area contributed by atoms with E-state index < -0.39 is 21.0 Å². The number of unbranched alkanes of at least 4 members (excludes halogenated alkanes) is 17. The van der Waals surface area contributed by atoms with Gasteiger partial charge in [-0.2, -0.15) is 0 Å². The molecule has 0 aliphatic heterocycles. The van der Waals surface area contributed by atoms with Crippen LogP contribution in [0.1, 0.15) is 162 Å². The Kier molecular flexibility index (Phi) is 45.9. The Morgan fingerprint density at radius 1 is 0.526 bits per heavy atom. The average molecular weight is 670 g/mol. The second-order valence-corrected chi connectivity index (χ2v) is 12.0. The first-order chi connectivity index (χ1) is 18.0. The van der Waals surface area contributed by atoms with Crippen molar-refractivity contribution in [2.24, 2.45) is 0 Å². The molecule has 226 valence electrons. The Bertz CT molecular complexity index is 423. The minimum absolute atomic E-state index is 0.343. The summed E-state index contributed by atoms with van der Waals surface area (Å²) in [5.74, 6) is -1.32. The molecule has 0 aromatic rings. The Morgan fingerprint density at radius 3 is 0.895 bits per heavy atom. The van der Waals surface area contributed by atoms with Crippen LogP contribution >= 0.6 is 0 Å². The molecule has 8 nitrogen and oxygen atoms in total. The van der Waals surface area contributed by atoms with Crippen molar-refractivity contribution in [2.75, 3.05) is 0 Å². The van der Waals surface area contributed by atoms with Crippen molar-refractivity contribution in [3.63, 3.8) is 0 Å². The van der Waals surface area contributed by atoms with Crippen LogP contribution in [-0.4, -0.2) is 58.5 Å². The van der Waals surface area contributed by atoms with Crippen molar-refractivity contribution in [2.45, 2.75) is 166 Å². The fourth-order valence-electron chi connectivity index (χ4n) is 3.35. The van der Waals surface area contributed by atoms with Gasteiger partial charge in [0.15, 0.2) is 0 Å². The minimum Gasteiger partial charge on any atom is -0.861 e. The van der Waals surface area contributed by atoms with E-state index >= 15 is 0 Å². The van der Waals surface area contributed by atoms with Gasteiger partial charge in [0.2, 0.25) is 0 Å². The average Bonchev–Trinajstić information content (AvgIpc) is 2.82. The van der Waals surface area contributed by atoms with Crippen molar-refractivity contribution in [3.8, 4) is 0 Å². The Labute approximate surface area is 248 Å². The summed E-state index contributed by atoms with van der Waals surface area (Å²) in [4.78, 5) is 53.5. The van der Waals surface area contributed by atoms with E-state index in [4.69, 9.17) is 29.4 Å². The molecule has 0 spiro atoms. The van der Waals surface area contributed by atoms with E-state index in [1.54, 1.807) is 22.5 Å². The summed E-state index contributed by atoms with van der Waals surface area (Å²) < 4.78 is 1.43. The summed E-state index contributed by atoms with van der Waals surface area (Å²) in [7, 11) is -5.36. The molecule has 38 heavy (non-hydrogen) atoms. The predicted octanol–water partition coefficient (Wildman–Crippen LogP) is 4.85. The first kappa shape index (κ1) is 44.8. The van der Waals surface area contributed by atoms with Crippen LogP contribution in [-0.2, 0) is 9.59 Å². The van der Waals surface area contributed by atoms with Crippen LogP contribution in [0.5, 0.6) is 0 Å². The normalized spacial score (nSPS) is 10.3. The standard InChI is InChI=1S/2C12H24O2.C4H9.HO4Si.Sn/c2*1-2-3-4-5-6-7-8-9-10-11-12(13)14;1-3-4-2;1-5(2,3)4;/h2*2-11H2,1H3,(H,13,14);1,3-4H2,2H3;1H;/q;;;-3;+3. The summed E-state index contributed by atoms with van der Waals surface area (Å²) >= 11 is 1.68. The van der Waals surface area contributed by atoms with Gasteiger partial charge in [0.05, 0.1) is 0 Å². The topological polar surface area (TPSA) is 164 Å². The van der Waals surface area contributed by atoms with Gasteiger partial charge in [-0.15, -0.1) is 9.05 Å². The largest absolute Gasteiger partial charge is 0.861 e. The van der Waals surface area contributed by atoms with Crippen LogP contribution in [0.4, 0.5) is 0 Å². The molecule has 0 fully saturated rings. The molecule has 0 saturated heterocycles. The molecule has 0 rings (SSSR count). The molecule has 0 aliphatic rings. The fraction of sp³-hybridized carbons (Fsp3) is 0.929. The SMILES string of the molecule is CCCCCCCCCCCC(=O)O.CCCCCCCCCCCC(=O)O.CCC[CH2][Sn+3].[O-][Si]([O-])([O-])O. The summed E-state index contributed by atoms with van der Waals surface area (Å²) in [5.41, 5.74) is 0. The van der Waals surface area contributed by atoms with Crippen LogP contribution in [0.2, 0.25) is 4.44 Å². The Morgan fingerprint density at radius 2 is 0.737 bits per heavy atom. The second-order valence-electron chi connectivity index (χ2n) is 9.57. The van der Waals surface area contributed by atoms with Crippen molar-refractivity contribution < 1.29 is 39.0 Å². The molecule has 0 atom stereocenters. The van der Waals surface area contributed by atoms with Crippen LogP contribution in [0, 0.1) is 0 Å². The van der Waals surface area contributed by atoms with Gasteiger partial charge >= 0.3 is 58.7 Å². The second kappa shape index (κ2) is 38.9. The molecular weight excluding hydrogens is 611 g/mol. The molecule has 3 N–H and O–H groups in total. The third-order valence-corrected chi connectivity index (χ3v) is 6.53. The van der Waals surface area contributed by atoms with Crippen molar-refractivity contribution in [3.05, 3.63) is 0 Å². The number of hydrogen-bond donors (Lipinski definition) is 3. The maximum absolute atomic E-state index is 10.2. The molecule has 0 aromatic carbocycles. The smallest absolute Gasteiger partial charge is 0.118 e. The van der Waals surface area contributed by atoms with E-state index in [0.717, 1.165) is 25.7 Å². The molecule has 10 heteroatoms. The molecule has 0 heterocycles. The third kappa shape index (κ3) is 76.5. The van der Waals surface area contributed by atoms with E-state index in [0.29, 0.717) is 12.8 Å². The quantitative estimate of drug-likeness (QED) is 0.109. The molecule has 0 bridgehead atoms. The van der Waals surface area contributed by atoms with Gasteiger partial charge in [-0.05, 0) is 12.8 Å². The minimum atomic E-state index is -5.36. The van der Waals surface area contributed by atoms with E-state index in [2.05, 4.69) is 20.8 Å². The monoisotopic (exact) mass is 670 g/mol. The Balaban J connectivity index is -0.000000225. The molecule has 0 unspecified atom stereocenters. The van der Waals surface area contributed by atoms with Crippen molar-refractivity contribution >= 4 is 43.5 Å². The molecular formula is C28H58O8SiSn. The zero-order valence-electron chi connectivity index (χ0n) is 24.6. The molecule has 0 aliphatic carbocycles. The molecule has 0 aromatic heterocycles. The molecule has 0 radical (unpaired) electrons. The van der Waals surface area contributed by atoms with Gasteiger partial charge in [0.1, 0.15) is 0 Å². The zero-order chi connectivity index (χ0) is 29.9. The number of carboxylic acids is 2. The maximum atomic E-state index is 10.2. The molecule has 0 amide bonds. The maximum Gasteiger partial charge on any atom is -0.118 e. The fourth-order valence-corrected chi connectivity index (χ4v) is 4.36. The van der Waals surface area contributed by atoms with Gasteiger partial charge in [-0.25, -0.2) is 0 Å². The van der Waals surface area contributed by atoms with Crippen LogP contribution in [0.25, 0.3) is 0 Å². The third-order valence-electron chi connectivity index (χ3n) is 5.52. The number of hydrogen-bond acceptors (Lipinski definition) is 6. The number of carbonyl (C=O) groups is 2. The molecule has 0 saturated carbocycles. The van der Waals surface area contributed by atoms with Gasteiger partial charge < -0.3 is 29.4 Å². The number of aliphatic carboxylic acids is 2. The van der Waals surface area contributed by atoms with Gasteiger partial charge in [-0.3, -0.25) is 9.59 Å². The van der Waals surface area contributed by atoms with Gasteiger partial charge in [0, 0.05) is 12.8 Å². The summed E-state index contributed by atoms with van der Waals surface area (Å²) in [6, 6.07) is 0. The van der Waals surface area contributed by atoms with E-state index in [-0.39, 0.29) is 0 Å². The first-order valence-electron chi connectivity index (χ1n) is 14.9. The van der Waals surface area contributed by atoms with Crippen LogP contribution in [0.15, 0.2) is 0 Å². The summed E-state index contributed by atoms with van der Waals surface area (Å²) in [6.45, 7) is 6.68. The first-order valence-corrected chi connectivity index (χ1v) is 18.6. The van der Waals surface area contributed by atoms with E-state index in [9.17, 15) is 9.59 Å². The number of carboxylic acid groups (broad SMARTS) is 2. The summed E-state index contributed by atoms with van der Waals surface area (Å²) in [6.07, 6.45) is 25.8. The van der Waals surface area contributed by atoms with Gasteiger partial charge in [-0.1, -0.05) is 117 Å². The van der Waals surface area contributed by atoms with Crippen molar-refractivity contribution in [1.82, 2.24) is 0 Å². The van der Waals surface area contributed by atoms with Gasteiger partial charge in [0.25, 0.3) is 0 Å². The zero-order valence-corrected chi connectivity index (χ0v) is 28.5.